The average Bonchev–Trinajstić information content (AvgIpc) is 2.77. The second-order valence-corrected chi connectivity index (χ2v) is 8.15. The Labute approximate surface area is 192 Å². The molecule has 3 rings (SSSR count). The highest BCUT2D eigenvalue weighted by atomic mass is 35.5. The highest BCUT2D eigenvalue weighted by Gasteiger charge is 2.33. The lowest BCUT2D eigenvalue weighted by atomic mass is 10.1. The van der Waals surface area contributed by atoms with Crippen molar-refractivity contribution in [2.45, 2.75) is 39.8 Å². The quantitative estimate of drug-likeness (QED) is 0.488. The van der Waals surface area contributed by atoms with Gasteiger partial charge < -0.3 is 14.5 Å². The fourth-order valence-corrected chi connectivity index (χ4v) is 3.96. The number of aromatic nitrogens is 2. The zero-order chi connectivity index (χ0) is 23.3. The molecule has 0 radical (unpaired) electrons. The van der Waals surface area contributed by atoms with E-state index in [1.807, 2.05) is 37.3 Å². The second-order valence-electron chi connectivity index (χ2n) is 7.77. The standard InChI is InChI=1S/C23H27ClN4O4/c1-15-13-27(11-12-28(15)19(29)9-10-24)22(30)21-20(16(2)25-17(3)26-21)23(31)32-14-18-7-5-4-6-8-18/h4-8,15H,9-14H2,1-3H3. The lowest BCUT2D eigenvalue weighted by Crippen LogP contribution is -2.55. The third-order valence-electron chi connectivity index (χ3n) is 5.36. The van der Waals surface area contributed by atoms with Crippen molar-refractivity contribution >= 4 is 29.4 Å². The van der Waals surface area contributed by atoms with Crippen molar-refractivity contribution in [3.63, 3.8) is 0 Å². The first-order chi connectivity index (χ1) is 15.3. The summed E-state index contributed by atoms with van der Waals surface area (Å²) in [6.07, 6.45) is 0.265. The normalized spacial score (nSPS) is 16.1. The van der Waals surface area contributed by atoms with E-state index in [0.717, 1.165) is 5.56 Å². The summed E-state index contributed by atoms with van der Waals surface area (Å²) in [6, 6.07) is 9.13. The second kappa shape index (κ2) is 10.5. The Morgan fingerprint density at radius 2 is 1.84 bits per heavy atom. The first-order valence-corrected chi connectivity index (χ1v) is 11.1. The van der Waals surface area contributed by atoms with Gasteiger partial charge in [-0.25, -0.2) is 14.8 Å². The number of benzene rings is 1. The number of nitrogens with zero attached hydrogens (tertiary/aromatic N) is 4. The van der Waals surface area contributed by atoms with Crippen LogP contribution in [0.25, 0.3) is 0 Å². The van der Waals surface area contributed by atoms with E-state index in [4.69, 9.17) is 16.3 Å². The van der Waals surface area contributed by atoms with Crippen LogP contribution in [0.4, 0.5) is 0 Å². The first-order valence-electron chi connectivity index (χ1n) is 10.5. The van der Waals surface area contributed by atoms with Crippen molar-refractivity contribution < 1.29 is 19.1 Å². The minimum absolute atomic E-state index is 0.0285. The van der Waals surface area contributed by atoms with Crippen molar-refractivity contribution in [2.75, 3.05) is 25.5 Å². The Kier molecular flexibility index (Phi) is 7.80. The summed E-state index contributed by atoms with van der Waals surface area (Å²) in [5, 5.41) is 0. The Morgan fingerprint density at radius 1 is 1.12 bits per heavy atom. The molecule has 2 amide bonds. The van der Waals surface area contributed by atoms with Crippen LogP contribution in [-0.4, -0.2) is 69.1 Å². The van der Waals surface area contributed by atoms with Gasteiger partial charge in [-0.15, -0.1) is 11.6 Å². The topological polar surface area (TPSA) is 92.7 Å². The molecule has 1 aliphatic rings. The van der Waals surface area contributed by atoms with Crippen LogP contribution in [-0.2, 0) is 16.1 Å². The number of carbonyl (C=O) groups excluding carboxylic acids is 3. The van der Waals surface area contributed by atoms with E-state index in [9.17, 15) is 14.4 Å². The van der Waals surface area contributed by atoms with Gasteiger partial charge in [-0.2, -0.15) is 0 Å². The highest BCUT2D eigenvalue weighted by molar-refractivity contribution is 6.18. The molecule has 0 N–H and O–H groups in total. The number of piperazine rings is 1. The molecular formula is C23H27ClN4O4. The van der Waals surface area contributed by atoms with Gasteiger partial charge in [0.15, 0.2) is 0 Å². The van der Waals surface area contributed by atoms with Crippen LogP contribution in [0.15, 0.2) is 30.3 Å². The van der Waals surface area contributed by atoms with Gasteiger partial charge in [-0.3, -0.25) is 9.59 Å². The average molecular weight is 459 g/mol. The van der Waals surface area contributed by atoms with E-state index in [-0.39, 0.29) is 48.0 Å². The highest BCUT2D eigenvalue weighted by Crippen LogP contribution is 2.19. The first kappa shape index (κ1) is 23.7. The molecule has 2 heterocycles. The summed E-state index contributed by atoms with van der Waals surface area (Å²) in [7, 11) is 0. The zero-order valence-corrected chi connectivity index (χ0v) is 19.3. The summed E-state index contributed by atoms with van der Waals surface area (Å²) < 4.78 is 5.45. The number of esters is 1. The fourth-order valence-electron chi connectivity index (χ4n) is 3.79. The predicted octanol–water partition coefficient (Wildman–Crippen LogP) is 2.75. The molecule has 0 bridgehead atoms. The van der Waals surface area contributed by atoms with Crippen LogP contribution in [0, 0.1) is 13.8 Å². The number of ether oxygens (including phenoxy) is 1. The van der Waals surface area contributed by atoms with Crippen molar-refractivity contribution in [3.8, 4) is 0 Å². The molecule has 32 heavy (non-hydrogen) atoms. The molecule has 1 unspecified atom stereocenters. The smallest absolute Gasteiger partial charge is 0.342 e. The lowest BCUT2D eigenvalue weighted by molar-refractivity contribution is -0.134. The molecular weight excluding hydrogens is 432 g/mol. The number of amides is 2. The van der Waals surface area contributed by atoms with E-state index in [0.29, 0.717) is 31.2 Å². The van der Waals surface area contributed by atoms with Gasteiger partial charge in [0.1, 0.15) is 23.7 Å². The molecule has 9 heteroatoms. The van der Waals surface area contributed by atoms with Crippen LogP contribution in [0.5, 0.6) is 0 Å². The Hall–Kier alpha value is -3.00. The molecule has 1 atom stereocenters. The van der Waals surface area contributed by atoms with Gasteiger partial charge >= 0.3 is 5.97 Å². The lowest BCUT2D eigenvalue weighted by Gasteiger charge is -2.40. The maximum Gasteiger partial charge on any atom is 0.342 e. The number of halogens is 1. The number of rotatable bonds is 6. The fraction of sp³-hybridized carbons (Fsp3) is 0.435. The molecule has 170 valence electrons. The molecule has 2 aromatic rings. The minimum Gasteiger partial charge on any atom is -0.457 e. The molecule has 0 saturated carbocycles. The molecule has 0 spiro atoms. The molecule has 8 nitrogen and oxygen atoms in total. The minimum atomic E-state index is -0.640. The Balaban J connectivity index is 1.79. The van der Waals surface area contributed by atoms with Crippen LogP contribution < -0.4 is 0 Å². The number of alkyl halides is 1. The monoisotopic (exact) mass is 458 g/mol. The summed E-state index contributed by atoms with van der Waals surface area (Å²) >= 11 is 5.69. The van der Waals surface area contributed by atoms with Crippen LogP contribution in [0.3, 0.4) is 0 Å². The molecule has 1 aliphatic heterocycles. The van der Waals surface area contributed by atoms with Crippen molar-refractivity contribution in [1.82, 2.24) is 19.8 Å². The maximum absolute atomic E-state index is 13.4. The number of hydrogen-bond donors (Lipinski definition) is 0. The summed E-state index contributed by atoms with van der Waals surface area (Å²) in [4.78, 5) is 50.4. The van der Waals surface area contributed by atoms with Crippen molar-refractivity contribution in [1.29, 1.82) is 0 Å². The van der Waals surface area contributed by atoms with E-state index in [1.165, 1.54) is 0 Å². The number of hydrogen-bond acceptors (Lipinski definition) is 6. The number of aryl methyl sites for hydroxylation is 2. The largest absolute Gasteiger partial charge is 0.457 e. The zero-order valence-electron chi connectivity index (χ0n) is 18.5. The number of carbonyl (C=O) groups is 3. The van der Waals surface area contributed by atoms with Gasteiger partial charge in [-0.05, 0) is 26.3 Å². The van der Waals surface area contributed by atoms with Gasteiger partial charge in [0.2, 0.25) is 5.91 Å². The van der Waals surface area contributed by atoms with E-state index in [1.54, 1.807) is 23.6 Å². The van der Waals surface area contributed by atoms with Gasteiger partial charge in [-0.1, -0.05) is 30.3 Å². The summed E-state index contributed by atoms with van der Waals surface area (Å²) in [5.74, 6) is -0.383. The van der Waals surface area contributed by atoms with E-state index >= 15 is 0 Å². The molecule has 0 aliphatic carbocycles. The molecule has 1 aromatic heterocycles. The third kappa shape index (κ3) is 5.43. The molecule has 1 fully saturated rings. The Bertz CT molecular complexity index is 999. The predicted molar refractivity (Wildman–Crippen MR) is 119 cm³/mol. The van der Waals surface area contributed by atoms with E-state index in [2.05, 4.69) is 9.97 Å². The van der Waals surface area contributed by atoms with Gasteiger partial charge in [0.25, 0.3) is 5.91 Å². The van der Waals surface area contributed by atoms with Crippen molar-refractivity contribution in [3.05, 3.63) is 58.7 Å². The van der Waals surface area contributed by atoms with Crippen molar-refractivity contribution in [2.24, 2.45) is 0 Å². The summed E-state index contributed by atoms with van der Waals surface area (Å²) in [6.45, 7) is 6.39. The Morgan fingerprint density at radius 3 is 2.50 bits per heavy atom. The third-order valence-corrected chi connectivity index (χ3v) is 5.55. The SMILES string of the molecule is Cc1nc(C)c(C(=O)OCc2ccccc2)c(C(=O)N2CCN(C(=O)CCCl)C(C)C2)n1. The van der Waals surface area contributed by atoms with E-state index < -0.39 is 5.97 Å². The van der Waals surface area contributed by atoms with Crippen LogP contribution in [0.2, 0.25) is 0 Å². The van der Waals surface area contributed by atoms with Gasteiger partial charge in [0.05, 0.1) is 5.69 Å². The molecule has 1 saturated heterocycles. The van der Waals surface area contributed by atoms with Crippen LogP contribution >= 0.6 is 11.6 Å². The molecule has 1 aromatic carbocycles. The maximum atomic E-state index is 13.4. The van der Waals surface area contributed by atoms with Crippen LogP contribution in [0.1, 0.15) is 51.3 Å². The summed E-state index contributed by atoms with van der Waals surface area (Å²) in [5.41, 5.74) is 1.33. The van der Waals surface area contributed by atoms with Gasteiger partial charge in [0, 0.05) is 38.0 Å².